The molecule has 5 heteroatoms. The van der Waals surface area contributed by atoms with Crippen molar-refractivity contribution in [3.05, 3.63) is 12.7 Å². The molecule has 2 fully saturated rings. The van der Waals surface area contributed by atoms with Crippen LogP contribution in [-0.2, 0) is 14.3 Å². The Morgan fingerprint density at radius 1 is 1.41 bits per heavy atom. The number of piperidine rings is 1. The van der Waals surface area contributed by atoms with E-state index < -0.39 is 0 Å². The highest BCUT2D eigenvalue weighted by atomic mass is 16.5. The van der Waals surface area contributed by atoms with Crippen LogP contribution in [0.25, 0.3) is 0 Å². The van der Waals surface area contributed by atoms with Gasteiger partial charge in [0.1, 0.15) is 0 Å². The van der Waals surface area contributed by atoms with E-state index in [1.165, 1.54) is 6.42 Å². The van der Waals surface area contributed by atoms with Crippen molar-refractivity contribution in [1.29, 1.82) is 0 Å². The summed E-state index contributed by atoms with van der Waals surface area (Å²) in [4.78, 5) is 28.1. The van der Waals surface area contributed by atoms with Gasteiger partial charge in [-0.2, -0.15) is 0 Å². The standard InChI is InChI=1S/C17H28N2O3/c1-3-8-19-13-15(12-16(19)20)17(21)18-9-6-14(7-10-18)5-4-11-22-2/h3,14-15H,1,4-13H2,2H3. The van der Waals surface area contributed by atoms with Gasteiger partial charge in [0.15, 0.2) is 0 Å². The van der Waals surface area contributed by atoms with Crippen molar-refractivity contribution in [2.75, 3.05) is 39.9 Å². The van der Waals surface area contributed by atoms with E-state index in [0.29, 0.717) is 25.4 Å². The van der Waals surface area contributed by atoms with E-state index in [0.717, 1.165) is 39.0 Å². The Morgan fingerprint density at radius 2 is 2.14 bits per heavy atom. The van der Waals surface area contributed by atoms with E-state index >= 15 is 0 Å². The lowest BCUT2D eigenvalue weighted by Crippen LogP contribution is -2.42. The van der Waals surface area contributed by atoms with Gasteiger partial charge in [-0.3, -0.25) is 9.59 Å². The molecule has 0 aromatic carbocycles. The molecule has 2 saturated heterocycles. The number of rotatable bonds is 7. The highest BCUT2D eigenvalue weighted by Crippen LogP contribution is 2.26. The highest BCUT2D eigenvalue weighted by molar-refractivity contribution is 5.89. The molecular weight excluding hydrogens is 280 g/mol. The van der Waals surface area contributed by atoms with Gasteiger partial charge in [-0.1, -0.05) is 6.08 Å². The Bertz CT molecular complexity index is 403. The van der Waals surface area contributed by atoms with Crippen molar-refractivity contribution in [3.63, 3.8) is 0 Å². The van der Waals surface area contributed by atoms with Crippen LogP contribution in [0.1, 0.15) is 32.1 Å². The molecule has 2 aliphatic rings. The zero-order chi connectivity index (χ0) is 15.9. The lowest BCUT2D eigenvalue weighted by atomic mass is 9.91. The molecule has 1 atom stereocenters. The van der Waals surface area contributed by atoms with Crippen molar-refractivity contribution < 1.29 is 14.3 Å². The van der Waals surface area contributed by atoms with E-state index in [1.54, 1.807) is 18.1 Å². The fraction of sp³-hybridized carbons (Fsp3) is 0.765. The first kappa shape index (κ1) is 17.0. The molecule has 2 heterocycles. The summed E-state index contributed by atoms with van der Waals surface area (Å²) in [6.07, 6.45) is 6.52. The van der Waals surface area contributed by atoms with Crippen LogP contribution in [0.15, 0.2) is 12.7 Å². The zero-order valence-electron chi connectivity index (χ0n) is 13.6. The maximum atomic E-state index is 12.6. The lowest BCUT2D eigenvalue weighted by Gasteiger charge is -2.33. The van der Waals surface area contributed by atoms with E-state index in [2.05, 4.69) is 6.58 Å². The third kappa shape index (κ3) is 4.32. The largest absolute Gasteiger partial charge is 0.385 e. The van der Waals surface area contributed by atoms with E-state index in [9.17, 15) is 9.59 Å². The number of amides is 2. The summed E-state index contributed by atoms with van der Waals surface area (Å²) in [6.45, 7) is 7.25. The number of carbonyl (C=O) groups is 2. The fourth-order valence-electron chi connectivity index (χ4n) is 3.49. The number of carbonyl (C=O) groups excluding carboxylic acids is 2. The second kappa shape index (κ2) is 8.32. The van der Waals surface area contributed by atoms with Crippen molar-refractivity contribution in [2.24, 2.45) is 11.8 Å². The lowest BCUT2D eigenvalue weighted by molar-refractivity contribution is -0.137. The molecule has 2 aliphatic heterocycles. The van der Waals surface area contributed by atoms with Crippen LogP contribution in [0.5, 0.6) is 0 Å². The van der Waals surface area contributed by atoms with Gasteiger partial charge in [0.05, 0.1) is 5.92 Å². The summed E-state index contributed by atoms with van der Waals surface area (Å²) in [6, 6.07) is 0. The third-order valence-corrected chi connectivity index (χ3v) is 4.80. The van der Waals surface area contributed by atoms with Crippen LogP contribution in [-0.4, -0.2) is 61.5 Å². The predicted octanol–water partition coefficient (Wildman–Crippen LogP) is 1.69. The quantitative estimate of drug-likeness (QED) is 0.531. The molecule has 1 unspecified atom stereocenters. The van der Waals surface area contributed by atoms with Crippen molar-refractivity contribution >= 4 is 11.8 Å². The third-order valence-electron chi connectivity index (χ3n) is 4.80. The van der Waals surface area contributed by atoms with Crippen LogP contribution in [0.4, 0.5) is 0 Å². The topological polar surface area (TPSA) is 49.9 Å². The first-order valence-corrected chi connectivity index (χ1v) is 8.32. The minimum absolute atomic E-state index is 0.0766. The molecule has 2 amide bonds. The molecule has 0 aromatic heterocycles. The number of ether oxygens (including phenoxy) is 1. The van der Waals surface area contributed by atoms with Gasteiger partial charge in [0, 0.05) is 46.3 Å². The first-order chi connectivity index (χ1) is 10.7. The molecule has 0 radical (unpaired) electrons. The number of nitrogens with zero attached hydrogens (tertiary/aromatic N) is 2. The SMILES string of the molecule is C=CCN1CC(C(=O)N2CCC(CCCOC)CC2)CC1=O. The molecular formula is C17H28N2O3. The average molecular weight is 308 g/mol. The van der Waals surface area contributed by atoms with Gasteiger partial charge in [-0.25, -0.2) is 0 Å². The monoisotopic (exact) mass is 308 g/mol. The minimum atomic E-state index is -0.155. The van der Waals surface area contributed by atoms with E-state index in [4.69, 9.17) is 4.74 Å². The smallest absolute Gasteiger partial charge is 0.227 e. The Labute approximate surface area is 133 Å². The van der Waals surface area contributed by atoms with Gasteiger partial charge >= 0.3 is 0 Å². The predicted molar refractivity (Wildman–Crippen MR) is 85.3 cm³/mol. The van der Waals surface area contributed by atoms with Gasteiger partial charge in [-0.05, 0) is 31.6 Å². The molecule has 124 valence electrons. The maximum Gasteiger partial charge on any atom is 0.227 e. The Kier molecular flexibility index (Phi) is 6.43. The molecule has 2 rings (SSSR count). The van der Waals surface area contributed by atoms with Crippen LogP contribution in [0.2, 0.25) is 0 Å². The number of likely N-dealkylation sites (tertiary alicyclic amines) is 2. The van der Waals surface area contributed by atoms with E-state index in [-0.39, 0.29) is 17.7 Å². The molecule has 0 saturated carbocycles. The second-order valence-electron chi connectivity index (χ2n) is 6.39. The van der Waals surface area contributed by atoms with Gasteiger partial charge in [0.2, 0.25) is 11.8 Å². The summed E-state index contributed by atoms with van der Waals surface area (Å²) < 4.78 is 5.09. The normalized spacial score (nSPS) is 23.1. The molecule has 0 N–H and O–H groups in total. The van der Waals surface area contributed by atoms with Gasteiger partial charge in [-0.15, -0.1) is 6.58 Å². The number of hydrogen-bond acceptors (Lipinski definition) is 3. The summed E-state index contributed by atoms with van der Waals surface area (Å²) in [5, 5.41) is 0. The average Bonchev–Trinajstić information content (AvgIpc) is 2.89. The summed E-state index contributed by atoms with van der Waals surface area (Å²) in [7, 11) is 1.74. The second-order valence-corrected chi connectivity index (χ2v) is 6.39. The fourth-order valence-corrected chi connectivity index (χ4v) is 3.49. The van der Waals surface area contributed by atoms with Gasteiger partial charge in [0.25, 0.3) is 0 Å². The van der Waals surface area contributed by atoms with Crippen LogP contribution in [0.3, 0.4) is 0 Å². The molecule has 0 aliphatic carbocycles. The van der Waals surface area contributed by atoms with Crippen LogP contribution in [0, 0.1) is 11.8 Å². The minimum Gasteiger partial charge on any atom is -0.385 e. The number of hydrogen-bond donors (Lipinski definition) is 0. The summed E-state index contributed by atoms with van der Waals surface area (Å²) >= 11 is 0. The Balaban J connectivity index is 1.76. The van der Waals surface area contributed by atoms with Crippen molar-refractivity contribution in [1.82, 2.24) is 9.80 Å². The van der Waals surface area contributed by atoms with Crippen molar-refractivity contribution in [2.45, 2.75) is 32.1 Å². The molecule has 22 heavy (non-hydrogen) atoms. The summed E-state index contributed by atoms with van der Waals surface area (Å²) in [5.74, 6) is 0.794. The van der Waals surface area contributed by atoms with Crippen LogP contribution < -0.4 is 0 Å². The number of methoxy groups -OCH3 is 1. The molecule has 5 nitrogen and oxygen atoms in total. The van der Waals surface area contributed by atoms with E-state index in [1.807, 2.05) is 4.90 Å². The molecule has 0 spiro atoms. The Hall–Kier alpha value is -1.36. The van der Waals surface area contributed by atoms with Gasteiger partial charge < -0.3 is 14.5 Å². The summed E-state index contributed by atoms with van der Waals surface area (Å²) in [5.41, 5.74) is 0. The maximum absolute atomic E-state index is 12.6. The first-order valence-electron chi connectivity index (χ1n) is 8.32. The molecule has 0 aromatic rings. The van der Waals surface area contributed by atoms with Crippen molar-refractivity contribution in [3.8, 4) is 0 Å². The molecule has 0 bridgehead atoms. The Morgan fingerprint density at radius 3 is 2.77 bits per heavy atom. The highest BCUT2D eigenvalue weighted by Gasteiger charge is 2.36. The van der Waals surface area contributed by atoms with Crippen LogP contribution >= 0.6 is 0 Å². The zero-order valence-corrected chi connectivity index (χ0v) is 13.6.